The fourth-order valence-corrected chi connectivity index (χ4v) is 13.9. The van der Waals surface area contributed by atoms with Crippen LogP contribution in [-0.2, 0) is 4.79 Å². The van der Waals surface area contributed by atoms with E-state index in [1.165, 1.54) is 36.8 Å². The van der Waals surface area contributed by atoms with Crippen LogP contribution in [0.5, 0.6) is 0 Å². The first-order valence-electron chi connectivity index (χ1n) is 19.5. The molecule has 4 fully saturated rings. The lowest BCUT2D eigenvalue weighted by Gasteiger charge is -2.72. The van der Waals surface area contributed by atoms with E-state index in [1.807, 2.05) is 48.3 Å². The topological polar surface area (TPSA) is 86.3 Å². The summed E-state index contributed by atoms with van der Waals surface area (Å²) >= 11 is 0. The Bertz CT molecular complexity index is 1920. The number of allylic oxidation sites excluding steroid dienone is 3. The zero-order valence-corrected chi connectivity index (χ0v) is 31.8. The highest BCUT2D eigenvalue weighted by Gasteiger charge is 2.71. The molecule has 270 valence electrons. The van der Waals surface area contributed by atoms with Crippen molar-refractivity contribution in [3.05, 3.63) is 77.9 Å². The molecule has 0 unspecified atom stereocenters. The van der Waals surface area contributed by atoms with E-state index < -0.39 is 11.4 Å². The fourth-order valence-electron chi connectivity index (χ4n) is 13.9. The predicted octanol–water partition coefficient (Wildman–Crippen LogP) is 10.6. The first kappa shape index (κ1) is 34.4. The second kappa shape index (κ2) is 11.4. The summed E-state index contributed by atoms with van der Waals surface area (Å²) in [6.07, 6.45) is 12.3. The van der Waals surface area contributed by atoms with Crippen LogP contribution < -0.4 is 4.90 Å². The molecule has 0 bridgehead atoms. The van der Waals surface area contributed by atoms with Gasteiger partial charge in [0.2, 0.25) is 11.9 Å². The predicted molar refractivity (Wildman–Crippen MR) is 205 cm³/mol. The Morgan fingerprint density at radius 3 is 2.29 bits per heavy atom. The van der Waals surface area contributed by atoms with Gasteiger partial charge in [-0.25, -0.2) is 9.78 Å². The Morgan fingerprint density at radius 1 is 0.882 bits per heavy atom. The monoisotopic (exact) mass is 687 g/mol. The zero-order valence-electron chi connectivity index (χ0n) is 31.8. The number of aromatic nitrogens is 2. The largest absolute Gasteiger partial charge is 0.478 e. The maximum atomic E-state index is 15.0. The molecule has 2 aromatic carbocycles. The van der Waals surface area contributed by atoms with Crippen molar-refractivity contribution in [3.8, 4) is 0 Å². The minimum Gasteiger partial charge on any atom is -0.478 e. The average Bonchev–Trinajstić information content (AvgIpc) is 3.71. The molecule has 6 heteroatoms. The molecule has 1 aromatic heterocycles. The summed E-state index contributed by atoms with van der Waals surface area (Å²) in [6.45, 7) is 19.6. The molecule has 3 aromatic rings. The van der Waals surface area contributed by atoms with E-state index in [0.717, 1.165) is 48.7 Å². The number of carbonyl (C=O) groups excluding carboxylic acids is 1. The van der Waals surface area contributed by atoms with Gasteiger partial charge in [-0.3, -0.25) is 9.69 Å². The minimum atomic E-state index is -0.878. The third kappa shape index (κ3) is 4.62. The highest BCUT2D eigenvalue weighted by Crippen LogP contribution is 2.78. The highest BCUT2D eigenvalue weighted by molar-refractivity contribution is 5.97. The van der Waals surface area contributed by atoms with E-state index in [1.54, 1.807) is 12.1 Å². The molecule has 5 aliphatic carbocycles. The summed E-state index contributed by atoms with van der Waals surface area (Å²) in [6, 6.07) is 15.6. The molecule has 8 rings (SSSR count). The number of H-pyrrole nitrogens is 1. The SMILES string of the molecule is C=C(C)[C@@H]1CC[C@]2(C(=O)N(C)c3nc4ccccc4[nH]3)CC[C@]3(C)[C@H](CC[C@@H]4[C@@]5(C)CC=C(c6ccc(C(=O)O)cc6)C(C)(C)[C@@H]5CC[C@]43C)[C@@H]12. The molecular weight excluding hydrogens is 631 g/mol. The number of para-hydroxylation sites is 2. The van der Waals surface area contributed by atoms with E-state index in [4.69, 9.17) is 4.98 Å². The van der Waals surface area contributed by atoms with Crippen LogP contribution >= 0.6 is 0 Å². The number of anilines is 1. The number of amides is 1. The number of carboxylic acid groups (broad SMARTS) is 1. The molecule has 2 N–H and O–H groups in total. The molecule has 6 nitrogen and oxygen atoms in total. The molecule has 51 heavy (non-hydrogen) atoms. The Kier molecular flexibility index (Phi) is 7.70. The van der Waals surface area contributed by atoms with Crippen molar-refractivity contribution in [1.82, 2.24) is 9.97 Å². The van der Waals surface area contributed by atoms with Crippen LogP contribution in [0.15, 0.2) is 66.8 Å². The van der Waals surface area contributed by atoms with Crippen molar-refractivity contribution in [2.75, 3.05) is 11.9 Å². The van der Waals surface area contributed by atoms with Gasteiger partial charge in [0.1, 0.15) is 0 Å². The van der Waals surface area contributed by atoms with E-state index in [-0.39, 0.29) is 27.6 Å². The molecule has 4 saturated carbocycles. The molecule has 1 amide bonds. The molecular formula is C45H57N3O3. The fraction of sp³-hybridized carbons (Fsp3) is 0.578. The summed E-state index contributed by atoms with van der Waals surface area (Å²) in [5.41, 5.74) is 6.02. The Morgan fingerprint density at radius 2 is 1.61 bits per heavy atom. The number of hydrogen-bond donors (Lipinski definition) is 2. The van der Waals surface area contributed by atoms with Gasteiger partial charge in [-0.05, 0) is 151 Å². The van der Waals surface area contributed by atoms with Crippen molar-refractivity contribution >= 4 is 34.4 Å². The van der Waals surface area contributed by atoms with Gasteiger partial charge in [-0.15, -0.1) is 0 Å². The molecule has 1 heterocycles. The van der Waals surface area contributed by atoms with Crippen molar-refractivity contribution in [3.63, 3.8) is 0 Å². The zero-order chi connectivity index (χ0) is 36.3. The smallest absolute Gasteiger partial charge is 0.335 e. The first-order valence-corrected chi connectivity index (χ1v) is 19.5. The number of hydrogen-bond acceptors (Lipinski definition) is 3. The van der Waals surface area contributed by atoms with Gasteiger partial charge in [-0.1, -0.05) is 77.1 Å². The first-order chi connectivity index (χ1) is 24.1. The number of fused-ring (bicyclic) bond motifs is 8. The van der Waals surface area contributed by atoms with Crippen molar-refractivity contribution in [2.45, 2.75) is 99.3 Å². The lowest BCUT2D eigenvalue weighted by molar-refractivity contribution is -0.224. The Hall–Kier alpha value is -3.67. The number of carboxylic acids is 1. The van der Waals surface area contributed by atoms with Crippen molar-refractivity contribution in [2.24, 2.45) is 56.7 Å². The number of nitrogens with one attached hydrogen (secondary N) is 1. The molecule has 0 aliphatic heterocycles. The average molecular weight is 688 g/mol. The number of imidazole rings is 1. The van der Waals surface area contributed by atoms with E-state index in [0.29, 0.717) is 41.1 Å². The molecule has 9 atom stereocenters. The second-order valence-electron chi connectivity index (χ2n) is 18.7. The highest BCUT2D eigenvalue weighted by atomic mass is 16.4. The Labute approximate surface area is 304 Å². The van der Waals surface area contributed by atoms with Gasteiger partial charge in [0.25, 0.3) is 0 Å². The number of aromatic carboxylic acids is 1. The van der Waals surface area contributed by atoms with Crippen molar-refractivity contribution < 1.29 is 14.7 Å². The van der Waals surface area contributed by atoms with Crippen LogP contribution in [-0.4, -0.2) is 34.0 Å². The summed E-state index contributed by atoms with van der Waals surface area (Å²) in [5.74, 6) is 2.27. The number of carbonyl (C=O) groups is 2. The van der Waals surface area contributed by atoms with Crippen LogP contribution in [0.3, 0.4) is 0 Å². The Balaban J connectivity index is 1.13. The van der Waals surface area contributed by atoms with Gasteiger partial charge in [-0.2, -0.15) is 0 Å². The lowest BCUT2D eigenvalue weighted by atomic mass is 9.32. The van der Waals surface area contributed by atoms with Gasteiger partial charge >= 0.3 is 5.97 Å². The molecule has 0 radical (unpaired) electrons. The summed E-state index contributed by atoms with van der Waals surface area (Å²) < 4.78 is 0. The number of nitrogens with zero attached hydrogens (tertiary/aromatic N) is 2. The maximum absolute atomic E-state index is 15.0. The van der Waals surface area contributed by atoms with E-state index >= 15 is 0 Å². The standard InChI is InChI=1S/C45H57N3O3/c1-27(2)30-19-24-45(39(51)48(8)40-46-33-11-9-10-12-34(33)47-40)26-25-43(6)32(37(30)45)17-18-36-42(5)22-20-31(28-13-15-29(16-14-28)38(49)50)41(3,4)35(42)21-23-44(36,43)7/h9-16,20,30,32,35-37H,1,17-19,21-26H2,2-8H3,(H,46,47)(H,49,50)/t30-,32+,35-,36+,37+,42-,43+,44+,45-/m0/s1. The normalized spacial score (nSPS) is 38.1. The third-order valence-electron chi connectivity index (χ3n) is 16.5. The van der Waals surface area contributed by atoms with Crippen LogP contribution in [0.1, 0.15) is 115 Å². The summed E-state index contributed by atoms with van der Waals surface area (Å²) in [7, 11) is 1.93. The van der Waals surface area contributed by atoms with E-state index in [9.17, 15) is 14.7 Å². The molecule has 5 aliphatic rings. The van der Waals surface area contributed by atoms with E-state index in [2.05, 4.69) is 59.2 Å². The van der Waals surface area contributed by atoms with Gasteiger partial charge < -0.3 is 10.1 Å². The summed E-state index contributed by atoms with van der Waals surface area (Å²) in [4.78, 5) is 36.7. The summed E-state index contributed by atoms with van der Waals surface area (Å²) in [5, 5.41) is 9.50. The van der Waals surface area contributed by atoms with Crippen LogP contribution in [0.25, 0.3) is 16.6 Å². The number of benzene rings is 2. The van der Waals surface area contributed by atoms with Gasteiger partial charge in [0, 0.05) is 7.05 Å². The van der Waals surface area contributed by atoms with Crippen LogP contribution in [0.2, 0.25) is 0 Å². The maximum Gasteiger partial charge on any atom is 0.335 e. The molecule has 0 spiro atoms. The number of rotatable bonds is 5. The van der Waals surface area contributed by atoms with Crippen LogP contribution in [0, 0.1) is 56.7 Å². The van der Waals surface area contributed by atoms with Crippen LogP contribution in [0.4, 0.5) is 5.95 Å². The minimum absolute atomic E-state index is 0.0251. The number of aromatic amines is 1. The van der Waals surface area contributed by atoms with Gasteiger partial charge in [0.15, 0.2) is 0 Å². The lowest BCUT2D eigenvalue weighted by Crippen LogP contribution is -2.66. The molecule has 0 saturated heterocycles. The second-order valence-corrected chi connectivity index (χ2v) is 18.7. The van der Waals surface area contributed by atoms with Gasteiger partial charge in [0.05, 0.1) is 22.0 Å². The van der Waals surface area contributed by atoms with Crippen molar-refractivity contribution in [1.29, 1.82) is 0 Å². The quantitative estimate of drug-likeness (QED) is 0.261. The third-order valence-corrected chi connectivity index (χ3v) is 16.5.